The van der Waals surface area contributed by atoms with Gasteiger partial charge in [-0.25, -0.2) is 4.79 Å². The van der Waals surface area contributed by atoms with E-state index in [0.717, 1.165) is 18.4 Å². The fourth-order valence-corrected chi connectivity index (χ4v) is 4.89. The van der Waals surface area contributed by atoms with Crippen LogP contribution in [0.25, 0.3) is 11.3 Å². The number of carboxylic acids is 1. The first-order valence-corrected chi connectivity index (χ1v) is 10.6. The fraction of sp³-hybridized carbons (Fsp3) is 0.400. The molecule has 3 rings (SSSR count). The minimum Gasteiger partial charge on any atom is -0.478 e. The van der Waals surface area contributed by atoms with E-state index in [0.29, 0.717) is 30.8 Å². The lowest BCUT2D eigenvalue weighted by Gasteiger charge is -2.33. The molecule has 150 valence electrons. The van der Waals surface area contributed by atoms with Crippen molar-refractivity contribution in [3.05, 3.63) is 53.7 Å². The van der Waals surface area contributed by atoms with E-state index in [2.05, 4.69) is 4.98 Å². The number of carbonyl (C=O) groups is 1. The number of aromatic carboxylic acids is 1. The van der Waals surface area contributed by atoms with Crippen molar-refractivity contribution in [2.24, 2.45) is 5.92 Å². The van der Waals surface area contributed by atoms with E-state index in [1.807, 2.05) is 12.1 Å². The number of nitrogens with zero attached hydrogens (tertiary/aromatic N) is 3. The SMILES string of the molecule is CN(C)S(=O)(=O)N1CCC[C@H](Cc2cccnc2-c2ccccc2C(=O)O)C1. The highest BCUT2D eigenvalue weighted by atomic mass is 32.2. The van der Waals surface area contributed by atoms with E-state index < -0.39 is 16.2 Å². The van der Waals surface area contributed by atoms with E-state index in [1.54, 1.807) is 44.6 Å². The monoisotopic (exact) mass is 403 g/mol. The summed E-state index contributed by atoms with van der Waals surface area (Å²) in [5.41, 5.74) is 2.38. The molecule has 0 saturated carbocycles. The van der Waals surface area contributed by atoms with Crippen LogP contribution in [0.1, 0.15) is 28.8 Å². The lowest BCUT2D eigenvalue weighted by molar-refractivity contribution is 0.0697. The molecule has 1 N–H and O–H groups in total. The highest BCUT2D eigenvalue weighted by Gasteiger charge is 2.31. The maximum absolute atomic E-state index is 12.5. The van der Waals surface area contributed by atoms with Gasteiger partial charge >= 0.3 is 5.97 Å². The number of carboxylic acid groups (broad SMARTS) is 1. The number of aromatic nitrogens is 1. The number of rotatable bonds is 6. The van der Waals surface area contributed by atoms with Crippen molar-refractivity contribution in [1.82, 2.24) is 13.6 Å². The van der Waals surface area contributed by atoms with Gasteiger partial charge in [0.2, 0.25) is 0 Å². The lowest BCUT2D eigenvalue weighted by Crippen LogP contribution is -2.45. The zero-order valence-electron chi connectivity index (χ0n) is 16.1. The normalized spacial score (nSPS) is 18.3. The molecule has 1 aliphatic rings. The average molecular weight is 404 g/mol. The van der Waals surface area contributed by atoms with Crippen LogP contribution in [-0.2, 0) is 16.6 Å². The number of hydrogen-bond donors (Lipinski definition) is 1. The van der Waals surface area contributed by atoms with Gasteiger partial charge in [-0.2, -0.15) is 17.0 Å². The summed E-state index contributed by atoms with van der Waals surface area (Å²) in [4.78, 5) is 16.1. The second-order valence-electron chi connectivity index (χ2n) is 7.22. The molecule has 0 bridgehead atoms. The average Bonchev–Trinajstić information content (AvgIpc) is 2.68. The van der Waals surface area contributed by atoms with E-state index in [9.17, 15) is 18.3 Å². The first kappa shape index (κ1) is 20.4. The Morgan fingerprint density at radius 3 is 2.71 bits per heavy atom. The van der Waals surface area contributed by atoms with Crippen LogP contribution in [0.4, 0.5) is 0 Å². The Morgan fingerprint density at radius 1 is 1.25 bits per heavy atom. The summed E-state index contributed by atoms with van der Waals surface area (Å²) in [5.74, 6) is -0.837. The molecule has 0 aliphatic carbocycles. The van der Waals surface area contributed by atoms with Crippen LogP contribution < -0.4 is 0 Å². The van der Waals surface area contributed by atoms with Gasteiger partial charge in [-0.15, -0.1) is 0 Å². The maximum Gasteiger partial charge on any atom is 0.336 e. The molecule has 1 fully saturated rings. The van der Waals surface area contributed by atoms with Gasteiger partial charge in [0.25, 0.3) is 10.2 Å². The molecule has 2 heterocycles. The summed E-state index contributed by atoms with van der Waals surface area (Å²) in [7, 11) is -0.347. The van der Waals surface area contributed by atoms with Crippen LogP contribution >= 0.6 is 0 Å². The van der Waals surface area contributed by atoms with Crippen molar-refractivity contribution in [2.45, 2.75) is 19.3 Å². The van der Waals surface area contributed by atoms with Crippen molar-refractivity contribution < 1.29 is 18.3 Å². The highest BCUT2D eigenvalue weighted by Crippen LogP contribution is 2.30. The quantitative estimate of drug-likeness (QED) is 0.800. The Kier molecular flexibility index (Phi) is 6.12. The van der Waals surface area contributed by atoms with Crippen LogP contribution in [0.3, 0.4) is 0 Å². The third-order valence-corrected chi connectivity index (χ3v) is 6.99. The lowest BCUT2D eigenvalue weighted by atomic mass is 9.89. The number of hydrogen-bond acceptors (Lipinski definition) is 4. The van der Waals surface area contributed by atoms with Gasteiger partial charge in [0.1, 0.15) is 0 Å². The molecule has 0 radical (unpaired) electrons. The second-order valence-corrected chi connectivity index (χ2v) is 9.36. The molecule has 2 aromatic rings. The van der Waals surface area contributed by atoms with E-state index >= 15 is 0 Å². The molecule has 1 saturated heterocycles. The minimum absolute atomic E-state index is 0.156. The Hall–Kier alpha value is -2.29. The van der Waals surface area contributed by atoms with Gasteiger partial charge in [0, 0.05) is 38.9 Å². The summed E-state index contributed by atoms with van der Waals surface area (Å²) in [6.07, 6.45) is 4.03. The van der Waals surface area contributed by atoms with Crippen LogP contribution in [-0.4, -0.2) is 60.3 Å². The Morgan fingerprint density at radius 2 is 2.00 bits per heavy atom. The second kappa shape index (κ2) is 8.38. The number of piperidine rings is 1. The predicted octanol–water partition coefficient (Wildman–Crippen LogP) is 2.51. The van der Waals surface area contributed by atoms with Gasteiger partial charge < -0.3 is 5.11 Å². The zero-order valence-corrected chi connectivity index (χ0v) is 16.9. The van der Waals surface area contributed by atoms with Crippen molar-refractivity contribution in [3.63, 3.8) is 0 Å². The first-order valence-electron chi connectivity index (χ1n) is 9.25. The van der Waals surface area contributed by atoms with E-state index in [-0.39, 0.29) is 11.5 Å². The molecule has 0 amide bonds. The van der Waals surface area contributed by atoms with Crippen LogP contribution in [0.15, 0.2) is 42.6 Å². The van der Waals surface area contributed by atoms with Crippen LogP contribution in [0.2, 0.25) is 0 Å². The Bertz CT molecular complexity index is 959. The molecule has 1 atom stereocenters. The van der Waals surface area contributed by atoms with Crippen LogP contribution in [0, 0.1) is 5.92 Å². The molecular formula is C20H25N3O4S. The van der Waals surface area contributed by atoms with Crippen molar-refractivity contribution in [3.8, 4) is 11.3 Å². The molecule has 7 nitrogen and oxygen atoms in total. The smallest absolute Gasteiger partial charge is 0.336 e. The zero-order chi connectivity index (χ0) is 20.3. The van der Waals surface area contributed by atoms with Crippen molar-refractivity contribution in [1.29, 1.82) is 0 Å². The molecule has 1 aromatic carbocycles. The van der Waals surface area contributed by atoms with Gasteiger partial charge in [0.05, 0.1) is 11.3 Å². The summed E-state index contributed by atoms with van der Waals surface area (Å²) in [6.45, 7) is 0.980. The van der Waals surface area contributed by atoms with Gasteiger partial charge in [-0.3, -0.25) is 4.98 Å². The third kappa shape index (κ3) is 4.24. The van der Waals surface area contributed by atoms with Gasteiger partial charge in [-0.05, 0) is 42.9 Å². The first-order chi connectivity index (χ1) is 13.3. The van der Waals surface area contributed by atoms with Gasteiger partial charge in [0.15, 0.2) is 0 Å². The molecular weight excluding hydrogens is 378 g/mol. The third-order valence-electron chi connectivity index (χ3n) is 5.08. The summed E-state index contributed by atoms with van der Waals surface area (Å²) in [5, 5.41) is 9.51. The van der Waals surface area contributed by atoms with Crippen molar-refractivity contribution in [2.75, 3.05) is 27.2 Å². The maximum atomic E-state index is 12.5. The Balaban J connectivity index is 1.88. The molecule has 0 unspecified atom stereocenters. The van der Waals surface area contributed by atoms with E-state index in [1.165, 1.54) is 8.61 Å². The molecule has 0 spiro atoms. The number of benzene rings is 1. The highest BCUT2D eigenvalue weighted by molar-refractivity contribution is 7.86. The molecule has 28 heavy (non-hydrogen) atoms. The summed E-state index contributed by atoms with van der Waals surface area (Å²) < 4.78 is 27.7. The topological polar surface area (TPSA) is 90.8 Å². The number of pyridine rings is 1. The summed E-state index contributed by atoms with van der Waals surface area (Å²) >= 11 is 0. The minimum atomic E-state index is -3.43. The fourth-order valence-electron chi connectivity index (χ4n) is 3.67. The standard InChI is InChI=1S/C20H25N3O4S/c1-22(2)28(26,27)23-12-6-7-15(14-23)13-16-8-5-11-21-19(16)17-9-3-4-10-18(17)20(24)25/h3-5,8-11,15H,6-7,12-14H2,1-2H3,(H,24,25)/t15-/m1/s1. The Labute approximate surface area is 165 Å². The molecule has 1 aromatic heterocycles. The van der Waals surface area contributed by atoms with Crippen molar-refractivity contribution >= 4 is 16.2 Å². The molecule has 1 aliphatic heterocycles. The molecule has 8 heteroatoms. The predicted molar refractivity (Wildman–Crippen MR) is 107 cm³/mol. The van der Waals surface area contributed by atoms with E-state index in [4.69, 9.17) is 0 Å². The largest absolute Gasteiger partial charge is 0.478 e. The summed E-state index contributed by atoms with van der Waals surface area (Å²) in [6, 6.07) is 10.6. The van der Waals surface area contributed by atoms with Gasteiger partial charge in [-0.1, -0.05) is 24.3 Å². The van der Waals surface area contributed by atoms with Crippen LogP contribution in [0.5, 0.6) is 0 Å².